The molecule has 1 N–H and O–H groups in total. The number of benzene rings is 1. The molecular formula is C18H16N4O2S. The molecule has 3 heterocycles. The number of fused-ring (bicyclic) bond motifs is 1. The normalized spacial score (nSPS) is 11.0. The highest BCUT2D eigenvalue weighted by Crippen LogP contribution is 2.20. The van der Waals surface area contributed by atoms with Crippen LogP contribution < -0.4 is 5.32 Å². The van der Waals surface area contributed by atoms with Crippen LogP contribution in [0.4, 0.5) is 0 Å². The second-order valence-corrected chi connectivity index (χ2v) is 6.46. The van der Waals surface area contributed by atoms with E-state index in [1.54, 1.807) is 17.5 Å². The minimum atomic E-state index is -0.0455. The number of rotatable bonds is 6. The maximum atomic E-state index is 12.0. The van der Waals surface area contributed by atoms with Crippen molar-refractivity contribution in [2.75, 3.05) is 0 Å². The molecule has 0 atom stereocenters. The number of nitrogens with zero attached hydrogens (tertiary/aromatic N) is 3. The fraction of sp³-hybridized carbons (Fsp3) is 0.167. The fourth-order valence-electron chi connectivity index (χ4n) is 2.52. The molecule has 0 bridgehead atoms. The van der Waals surface area contributed by atoms with Crippen molar-refractivity contribution in [2.24, 2.45) is 0 Å². The number of oxazole rings is 1. The van der Waals surface area contributed by atoms with Crippen LogP contribution in [0.3, 0.4) is 0 Å². The predicted molar refractivity (Wildman–Crippen MR) is 95.2 cm³/mol. The zero-order valence-corrected chi connectivity index (χ0v) is 14.2. The highest BCUT2D eigenvalue weighted by atomic mass is 32.1. The largest absolute Gasteiger partial charge is 0.441 e. The lowest BCUT2D eigenvalue weighted by Crippen LogP contribution is -2.23. The Labute approximate surface area is 148 Å². The summed E-state index contributed by atoms with van der Waals surface area (Å²) in [7, 11) is 0. The molecular weight excluding hydrogens is 336 g/mol. The van der Waals surface area contributed by atoms with Gasteiger partial charge in [0.05, 0.1) is 18.4 Å². The zero-order valence-electron chi connectivity index (χ0n) is 13.4. The second-order valence-electron chi connectivity index (χ2n) is 5.59. The number of hydrogen-bond acceptors (Lipinski definition) is 5. The van der Waals surface area contributed by atoms with Gasteiger partial charge in [-0.05, 0) is 0 Å². The van der Waals surface area contributed by atoms with Gasteiger partial charge >= 0.3 is 0 Å². The molecule has 4 aromatic rings. The first-order valence-corrected chi connectivity index (χ1v) is 8.84. The van der Waals surface area contributed by atoms with Gasteiger partial charge in [-0.1, -0.05) is 30.3 Å². The molecule has 0 unspecified atom stereocenters. The zero-order chi connectivity index (χ0) is 17.1. The molecule has 0 radical (unpaired) electrons. The van der Waals surface area contributed by atoms with E-state index >= 15 is 0 Å². The Hall–Kier alpha value is -2.93. The molecule has 0 saturated heterocycles. The molecule has 6 nitrogen and oxygen atoms in total. The minimum Gasteiger partial charge on any atom is -0.441 e. The summed E-state index contributed by atoms with van der Waals surface area (Å²) >= 11 is 1.57. The lowest BCUT2D eigenvalue weighted by molar-refractivity contribution is -0.121. The van der Waals surface area contributed by atoms with Crippen LogP contribution in [-0.4, -0.2) is 20.3 Å². The lowest BCUT2D eigenvalue weighted by atomic mass is 10.2. The van der Waals surface area contributed by atoms with Crippen LogP contribution in [-0.2, 0) is 17.8 Å². The fourth-order valence-corrected chi connectivity index (χ4v) is 3.24. The van der Waals surface area contributed by atoms with Gasteiger partial charge < -0.3 is 9.73 Å². The Morgan fingerprint density at radius 1 is 1.28 bits per heavy atom. The third-order valence-corrected chi connectivity index (χ3v) is 4.56. The number of carbonyl (C=O) groups excluding carboxylic acids is 1. The van der Waals surface area contributed by atoms with Crippen molar-refractivity contribution in [3.8, 4) is 11.3 Å². The summed E-state index contributed by atoms with van der Waals surface area (Å²) < 4.78 is 7.66. The van der Waals surface area contributed by atoms with Crippen molar-refractivity contribution < 1.29 is 9.21 Å². The van der Waals surface area contributed by atoms with Gasteiger partial charge in [-0.25, -0.2) is 9.97 Å². The standard InChI is InChI=1S/C18H16N4O2S/c23-16(19-10-14-12-22-8-9-25-18(22)21-14)6-7-17-20-11-15(24-17)13-4-2-1-3-5-13/h1-5,8-9,11-12H,6-7,10H2,(H,19,23). The molecule has 0 spiro atoms. The highest BCUT2D eigenvalue weighted by molar-refractivity contribution is 7.15. The van der Waals surface area contributed by atoms with Crippen LogP contribution >= 0.6 is 11.3 Å². The first kappa shape index (κ1) is 15.6. The Morgan fingerprint density at radius 3 is 3.00 bits per heavy atom. The van der Waals surface area contributed by atoms with Gasteiger partial charge in [-0.3, -0.25) is 9.20 Å². The SMILES string of the molecule is O=C(CCc1ncc(-c2ccccc2)o1)NCc1cn2ccsc2n1. The first-order chi connectivity index (χ1) is 12.3. The van der Waals surface area contributed by atoms with Crippen LogP contribution in [0.25, 0.3) is 16.3 Å². The van der Waals surface area contributed by atoms with E-state index in [1.165, 1.54) is 0 Å². The summed E-state index contributed by atoms with van der Waals surface area (Å²) in [6, 6.07) is 9.78. The molecule has 1 amide bonds. The van der Waals surface area contributed by atoms with E-state index in [4.69, 9.17) is 4.42 Å². The third kappa shape index (κ3) is 3.61. The summed E-state index contributed by atoms with van der Waals surface area (Å²) in [4.78, 5) is 21.6. The minimum absolute atomic E-state index is 0.0455. The van der Waals surface area contributed by atoms with Gasteiger partial charge in [0.2, 0.25) is 5.91 Å². The monoisotopic (exact) mass is 352 g/mol. The van der Waals surface area contributed by atoms with Crippen molar-refractivity contribution in [1.29, 1.82) is 0 Å². The Kier molecular flexibility index (Phi) is 4.30. The van der Waals surface area contributed by atoms with Crippen LogP contribution in [0.1, 0.15) is 18.0 Å². The van der Waals surface area contributed by atoms with E-state index in [9.17, 15) is 4.79 Å². The Balaban J connectivity index is 1.28. The van der Waals surface area contributed by atoms with Crippen molar-refractivity contribution in [3.05, 3.63) is 65.9 Å². The summed E-state index contributed by atoms with van der Waals surface area (Å²) in [6.45, 7) is 0.425. The molecule has 0 aliphatic carbocycles. The molecule has 4 rings (SSSR count). The molecule has 0 aliphatic rings. The maximum absolute atomic E-state index is 12.0. The van der Waals surface area contributed by atoms with Gasteiger partial charge in [0, 0.05) is 36.2 Å². The summed E-state index contributed by atoms with van der Waals surface area (Å²) in [6.07, 6.45) is 6.37. The van der Waals surface area contributed by atoms with Gasteiger partial charge in [0.25, 0.3) is 0 Å². The summed E-state index contributed by atoms with van der Waals surface area (Å²) in [5.74, 6) is 1.24. The molecule has 126 valence electrons. The second kappa shape index (κ2) is 6.90. The number of carbonyl (C=O) groups is 1. The lowest BCUT2D eigenvalue weighted by Gasteiger charge is -2.01. The Bertz CT molecular complexity index is 958. The average Bonchev–Trinajstić information content (AvgIpc) is 3.34. The number of imidazole rings is 1. The molecule has 0 aliphatic heterocycles. The van der Waals surface area contributed by atoms with Crippen LogP contribution in [0, 0.1) is 0 Å². The van der Waals surface area contributed by atoms with Gasteiger partial charge in [-0.2, -0.15) is 0 Å². The quantitative estimate of drug-likeness (QED) is 0.578. The molecule has 1 aromatic carbocycles. The first-order valence-electron chi connectivity index (χ1n) is 7.96. The van der Waals surface area contributed by atoms with E-state index in [0.29, 0.717) is 31.0 Å². The van der Waals surface area contributed by atoms with Gasteiger partial charge in [0.15, 0.2) is 16.6 Å². The molecule has 3 aromatic heterocycles. The van der Waals surface area contributed by atoms with E-state index < -0.39 is 0 Å². The smallest absolute Gasteiger partial charge is 0.220 e. The van der Waals surface area contributed by atoms with Crippen molar-refractivity contribution >= 4 is 22.2 Å². The van der Waals surface area contributed by atoms with Crippen LogP contribution in [0.5, 0.6) is 0 Å². The van der Waals surface area contributed by atoms with Gasteiger partial charge in [0.1, 0.15) is 0 Å². The van der Waals surface area contributed by atoms with E-state index in [-0.39, 0.29) is 5.91 Å². The average molecular weight is 352 g/mol. The number of amides is 1. The number of aromatic nitrogens is 3. The number of aryl methyl sites for hydroxylation is 1. The molecule has 25 heavy (non-hydrogen) atoms. The van der Waals surface area contributed by atoms with Gasteiger partial charge in [-0.15, -0.1) is 11.3 Å². The molecule has 0 saturated carbocycles. The van der Waals surface area contributed by atoms with Crippen LogP contribution in [0.15, 0.2) is 58.7 Å². The number of thiazole rings is 1. The highest BCUT2D eigenvalue weighted by Gasteiger charge is 2.09. The number of nitrogens with one attached hydrogen (secondary N) is 1. The maximum Gasteiger partial charge on any atom is 0.220 e. The topological polar surface area (TPSA) is 72.4 Å². The van der Waals surface area contributed by atoms with E-state index in [1.807, 2.05) is 52.5 Å². The van der Waals surface area contributed by atoms with Crippen molar-refractivity contribution in [3.63, 3.8) is 0 Å². The van der Waals surface area contributed by atoms with Crippen LogP contribution in [0.2, 0.25) is 0 Å². The third-order valence-electron chi connectivity index (χ3n) is 3.79. The van der Waals surface area contributed by atoms with Crippen molar-refractivity contribution in [2.45, 2.75) is 19.4 Å². The number of hydrogen-bond donors (Lipinski definition) is 1. The summed E-state index contributed by atoms with van der Waals surface area (Å²) in [5, 5.41) is 4.86. The van der Waals surface area contributed by atoms with E-state index in [2.05, 4.69) is 15.3 Å². The van der Waals surface area contributed by atoms with Crippen molar-refractivity contribution in [1.82, 2.24) is 19.7 Å². The Morgan fingerprint density at radius 2 is 2.16 bits per heavy atom. The van der Waals surface area contributed by atoms with E-state index in [0.717, 1.165) is 16.2 Å². The molecule has 7 heteroatoms. The predicted octanol–water partition coefficient (Wildman–Crippen LogP) is 3.30. The summed E-state index contributed by atoms with van der Waals surface area (Å²) in [5.41, 5.74) is 1.83. The molecule has 0 fully saturated rings.